The van der Waals surface area contributed by atoms with Crippen molar-refractivity contribution in [1.29, 1.82) is 0 Å². The van der Waals surface area contributed by atoms with Gasteiger partial charge < -0.3 is 5.73 Å². The van der Waals surface area contributed by atoms with Crippen LogP contribution in [0, 0.1) is 0 Å². The minimum atomic E-state index is -0.590. The summed E-state index contributed by atoms with van der Waals surface area (Å²) in [6.45, 7) is 0. The zero-order chi connectivity index (χ0) is 12.5. The summed E-state index contributed by atoms with van der Waals surface area (Å²) in [5.74, 6) is 0. The molecule has 5 nitrogen and oxygen atoms in total. The lowest BCUT2D eigenvalue weighted by molar-refractivity contribution is 0.248. The summed E-state index contributed by atoms with van der Waals surface area (Å²) in [6, 6.07) is 8.88. The van der Waals surface area contributed by atoms with Gasteiger partial charge in [0.05, 0.1) is 11.7 Å². The summed E-state index contributed by atoms with van der Waals surface area (Å²) in [5, 5.41) is 4.88. The van der Waals surface area contributed by atoms with Crippen LogP contribution in [0.4, 0.5) is 4.79 Å². The minimum absolute atomic E-state index is 0. The number of primary amides is 1. The monoisotopic (exact) mass is 274 g/mol. The molecule has 96 valence electrons. The molecule has 0 spiro atoms. The molecule has 0 aliphatic rings. The predicted molar refractivity (Wildman–Crippen MR) is 75.2 cm³/mol. The van der Waals surface area contributed by atoms with Crippen LogP contribution in [0.2, 0.25) is 0 Å². The molecule has 0 atom stereocenters. The van der Waals surface area contributed by atoms with E-state index in [1.165, 1.54) is 4.68 Å². The van der Waals surface area contributed by atoms with Crippen molar-refractivity contribution in [2.45, 2.75) is 0 Å². The third-order valence-electron chi connectivity index (χ3n) is 2.79. The fourth-order valence-electron chi connectivity index (χ4n) is 2.00. The van der Waals surface area contributed by atoms with Crippen molar-refractivity contribution < 1.29 is 4.79 Å². The normalized spacial score (nSPS) is 10.1. The Morgan fingerprint density at radius 1 is 1.16 bits per heavy atom. The Kier molecular flexibility index (Phi) is 3.48. The number of hydrogen-bond acceptors (Lipinski definition) is 3. The van der Waals surface area contributed by atoms with Gasteiger partial charge in [-0.1, -0.05) is 18.2 Å². The van der Waals surface area contributed by atoms with Crippen LogP contribution in [0.15, 0.2) is 48.9 Å². The number of amides is 1. The molecule has 3 rings (SSSR count). The van der Waals surface area contributed by atoms with Gasteiger partial charge in [-0.25, -0.2) is 4.79 Å². The molecule has 1 amide bonds. The molecule has 0 aliphatic carbocycles. The molecule has 2 N–H and O–H groups in total. The largest absolute Gasteiger partial charge is 0.350 e. The number of fused-ring (bicyclic) bond motifs is 1. The van der Waals surface area contributed by atoms with Crippen LogP contribution in [0.1, 0.15) is 0 Å². The molecule has 0 saturated heterocycles. The Hall–Kier alpha value is -2.40. The highest BCUT2D eigenvalue weighted by molar-refractivity contribution is 5.98. The van der Waals surface area contributed by atoms with E-state index in [1.54, 1.807) is 18.6 Å². The number of carbonyl (C=O) groups is 1. The van der Waals surface area contributed by atoms with Gasteiger partial charge in [0.15, 0.2) is 0 Å². The first-order valence-electron chi connectivity index (χ1n) is 5.44. The van der Waals surface area contributed by atoms with Gasteiger partial charge in [-0.15, -0.1) is 12.4 Å². The number of benzene rings is 1. The van der Waals surface area contributed by atoms with Gasteiger partial charge >= 0.3 is 6.03 Å². The second-order valence-corrected chi connectivity index (χ2v) is 3.87. The molecule has 3 aromatic rings. The van der Waals surface area contributed by atoms with E-state index < -0.39 is 6.03 Å². The van der Waals surface area contributed by atoms with E-state index in [1.807, 2.05) is 30.3 Å². The molecule has 0 bridgehead atoms. The van der Waals surface area contributed by atoms with Gasteiger partial charge in [-0.05, 0) is 17.7 Å². The molecule has 0 unspecified atom stereocenters. The van der Waals surface area contributed by atoms with Crippen molar-refractivity contribution in [3.63, 3.8) is 0 Å². The van der Waals surface area contributed by atoms with Crippen molar-refractivity contribution in [2.75, 3.05) is 0 Å². The van der Waals surface area contributed by atoms with Crippen LogP contribution >= 0.6 is 12.4 Å². The second-order valence-electron chi connectivity index (χ2n) is 3.87. The maximum Gasteiger partial charge on any atom is 0.340 e. The van der Waals surface area contributed by atoms with E-state index in [9.17, 15) is 4.79 Å². The molecular weight excluding hydrogens is 264 g/mol. The predicted octanol–water partition coefficient (Wildman–Crippen LogP) is 2.45. The first-order valence-corrected chi connectivity index (χ1v) is 5.44. The van der Waals surface area contributed by atoms with Crippen LogP contribution in [-0.2, 0) is 0 Å². The van der Waals surface area contributed by atoms with Gasteiger partial charge in [0, 0.05) is 23.3 Å². The average Bonchev–Trinajstić information content (AvgIpc) is 2.83. The first kappa shape index (κ1) is 13.0. The Morgan fingerprint density at radius 3 is 2.68 bits per heavy atom. The molecule has 19 heavy (non-hydrogen) atoms. The van der Waals surface area contributed by atoms with Crippen LogP contribution in [0.5, 0.6) is 0 Å². The highest BCUT2D eigenvalue weighted by Crippen LogP contribution is 2.27. The SMILES string of the molecule is Cl.NC(=O)n1ncc2c(-c3cccnc3)cccc21. The Labute approximate surface area is 115 Å². The number of nitrogens with two attached hydrogens (primary N) is 1. The van der Waals surface area contributed by atoms with E-state index in [-0.39, 0.29) is 12.4 Å². The van der Waals surface area contributed by atoms with Crippen LogP contribution in [0.25, 0.3) is 22.0 Å². The molecule has 0 aliphatic heterocycles. The Balaban J connectivity index is 0.00000133. The average molecular weight is 275 g/mol. The van der Waals surface area contributed by atoms with E-state index in [0.29, 0.717) is 5.52 Å². The maximum atomic E-state index is 11.2. The van der Waals surface area contributed by atoms with Gasteiger partial charge in [0.1, 0.15) is 0 Å². The first-order chi connectivity index (χ1) is 8.77. The number of nitrogens with zero attached hydrogens (tertiary/aromatic N) is 3. The fourth-order valence-corrected chi connectivity index (χ4v) is 2.00. The van der Waals surface area contributed by atoms with E-state index in [2.05, 4.69) is 10.1 Å². The number of pyridine rings is 1. The quantitative estimate of drug-likeness (QED) is 0.741. The van der Waals surface area contributed by atoms with Crippen molar-refractivity contribution >= 4 is 29.3 Å². The summed E-state index contributed by atoms with van der Waals surface area (Å²) in [5.41, 5.74) is 7.92. The maximum absolute atomic E-state index is 11.2. The molecule has 2 heterocycles. The van der Waals surface area contributed by atoms with Crippen molar-refractivity contribution in [1.82, 2.24) is 14.8 Å². The molecule has 2 aromatic heterocycles. The van der Waals surface area contributed by atoms with E-state index in [4.69, 9.17) is 5.73 Å². The lowest BCUT2D eigenvalue weighted by Gasteiger charge is -2.03. The highest BCUT2D eigenvalue weighted by Gasteiger charge is 2.10. The van der Waals surface area contributed by atoms with Crippen LogP contribution in [0.3, 0.4) is 0 Å². The molecule has 0 saturated carbocycles. The number of rotatable bonds is 1. The zero-order valence-electron chi connectivity index (χ0n) is 9.85. The molecule has 6 heteroatoms. The zero-order valence-corrected chi connectivity index (χ0v) is 10.7. The number of aromatic nitrogens is 3. The Bertz CT molecular complexity index is 724. The summed E-state index contributed by atoms with van der Waals surface area (Å²) >= 11 is 0. The topological polar surface area (TPSA) is 73.8 Å². The van der Waals surface area contributed by atoms with Crippen molar-refractivity contribution in [3.05, 3.63) is 48.9 Å². The highest BCUT2D eigenvalue weighted by atomic mass is 35.5. The Morgan fingerprint density at radius 2 is 2.00 bits per heavy atom. The van der Waals surface area contributed by atoms with E-state index >= 15 is 0 Å². The number of hydrogen-bond donors (Lipinski definition) is 1. The molecule has 0 fully saturated rings. The minimum Gasteiger partial charge on any atom is -0.350 e. The number of halogens is 1. The van der Waals surface area contributed by atoms with Gasteiger partial charge in [-0.3, -0.25) is 4.98 Å². The van der Waals surface area contributed by atoms with Gasteiger partial charge in [-0.2, -0.15) is 9.78 Å². The summed E-state index contributed by atoms with van der Waals surface area (Å²) in [7, 11) is 0. The molecule has 0 radical (unpaired) electrons. The number of carbonyl (C=O) groups excluding carboxylic acids is 1. The fraction of sp³-hybridized carbons (Fsp3) is 0. The van der Waals surface area contributed by atoms with Crippen molar-refractivity contribution in [2.24, 2.45) is 5.73 Å². The summed E-state index contributed by atoms with van der Waals surface area (Å²) < 4.78 is 1.19. The second kappa shape index (κ2) is 5.07. The standard InChI is InChI=1S/C13H10N4O.ClH/c14-13(18)17-12-5-1-4-10(11(12)8-16-17)9-3-2-6-15-7-9;/h1-8H,(H2,14,18);1H. The smallest absolute Gasteiger partial charge is 0.340 e. The summed E-state index contributed by atoms with van der Waals surface area (Å²) in [4.78, 5) is 15.3. The lowest BCUT2D eigenvalue weighted by Crippen LogP contribution is -2.20. The van der Waals surface area contributed by atoms with Crippen LogP contribution < -0.4 is 5.73 Å². The van der Waals surface area contributed by atoms with Gasteiger partial charge in [0.25, 0.3) is 0 Å². The molecule has 1 aromatic carbocycles. The van der Waals surface area contributed by atoms with E-state index in [0.717, 1.165) is 16.5 Å². The third kappa shape index (κ3) is 2.15. The van der Waals surface area contributed by atoms with Gasteiger partial charge in [0.2, 0.25) is 0 Å². The van der Waals surface area contributed by atoms with Crippen LogP contribution in [-0.4, -0.2) is 20.8 Å². The lowest BCUT2D eigenvalue weighted by atomic mass is 10.0. The summed E-state index contributed by atoms with van der Waals surface area (Å²) in [6.07, 6.45) is 5.13. The van der Waals surface area contributed by atoms with Crippen molar-refractivity contribution in [3.8, 4) is 11.1 Å². The third-order valence-corrected chi connectivity index (χ3v) is 2.79. The molecular formula is C13H11ClN4O.